The zero-order valence-corrected chi connectivity index (χ0v) is 22.0. The van der Waals surface area contributed by atoms with Crippen molar-refractivity contribution in [3.63, 3.8) is 0 Å². The minimum Gasteiger partial charge on any atom is -0.507 e. The van der Waals surface area contributed by atoms with E-state index in [1.165, 1.54) is 17.6 Å². The summed E-state index contributed by atoms with van der Waals surface area (Å²) < 4.78 is 9.26. The van der Waals surface area contributed by atoms with Crippen LogP contribution >= 0.6 is 43.2 Å². The summed E-state index contributed by atoms with van der Waals surface area (Å²) in [5.41, 5.74) is 2.82. The van der Waals surface area contributed by atoms with E-state index in [0.717, 1.165) is 19.9 Å². The van der Waals surface area contributed by atoms with Crippen LogP contribution in [0, 0.1) is 0 Å². The molecular formula is C26H17Br2N3O3S. The molecule has 0 bridgehead atoms. The van der Waals surface area contributed by atoms with E-state index >= 15 is 0 Å². The summed E-state index contributed by atoms with van der Waals surface area (Å²) in [7, 11) is 0. The normalized spacial score (nSPS) is 12.1. The Labute approximate surface area is 220 Å². The number of aromatic nitrogens is 1. The van der Waals surface area contributed by atoms with Crippen molar-refractivity contribution in [2.75, 3.05) is 0 Å². The first-order chi connectivity index (χ1) is 17.0. The number of thiazole rings is 1. The molecule has 9 heteroatoms. The fourth-order valence-corrected chi connectivity index (χ4v) is 5.20. The third-order valence-electron chi connectivity index (χ3n) is 5.28. The van der Waals surface area contributed by atoms with Gasteiger partial charge < -0.3 is 14.1 Å². The van der Waals surface area contributed by atoms with E-state index in [1.807, 2.05) is 58.5 Å². The average Bonchev–Trinajstić information content (AvgIpc) is 3.23. The highest BCUT2D eigenvalue weighted by atomic mass is 79.9. The minimum absolute atomic E-state index is 0.108. The van der Waals surface area contributed by atoms with Gasteiger partial charge in [0.15, 0.2) is 0 Å². The topological polar surface area (TPSA) is 80.1 Å². The van der Waals surface area contributed by atoms with Crippen molar-refractivity contribution in [2.24, 2.45) is 10.2 Å². The molecule has 174 valence electrons. The van der Waals surface area contributed by atoms with Crippen molar-refractivity contribution in [1.29, 1.82) is 0 Å². The molecule has 2 aromatic heterocycles. The molecule has 35 heavy (non-hydrogen) atoms. The van der Waals surface area contributed by atoms with Gasteiger partial charge in [-0.2, -0.15) is 5.10 Å². The Morgan fingerprint density at radius 2 is 1.77 bits per heavy atom. The smallest absolute Gasteiger partial charge is 0.345 e. The molecule has 0 spiro atoms. The Morgan fingerprint density at radius 3 is 2.60 bits per heavy atom. The first kappa shape index (κ1) is 23.5. The summed E-state index contributed by atoms with van der Waals surface area (Å²) >= 11 is 8.24. The van der Waals surface area contributed by atoms with Crippen LogP contribution in [0.3, 0.4) is 0 Å². The number of benzene rings is 3. The van der Waals surface area contributed by atoms with Gasteiger partial charge in [-0.3, -0.25) is 0 Å². The van der Waals surface area contributed by atoms with Crippen molar-refractivity contribution in [1.82, 2.24) is 4.57 Å². The van der Waals surface area contributed by atoms with E-state index in [1.54, 1.807) is 24.3 Å². The van der Waals surface area contributed by atoms with Crippen LogP contribution in [0.1, 0.15) is 11.1 Å². The molecule has 0 saturated carbocycles. The zero-order valence-electron chi connectivity index (χ0n) is 18.1. The molecule has 6 nitrogen and oxygen atoms in total. The largest absolute Gasteiger partial charge is 0.507 e. The van der Waals surface area contributed by atoms with Crippen LogP contribution in [-0.2, 0) is 6.54 Å². The molecule has 2 heterocycles. The van der Waals surface area contributed by atoms with Crippen molar-refractivity contribution in [3.05, 3.63) is 113 Å². The van der Waals surface area contributed by atoms with Crippen LogP contribution in [0.4, 0.5) is 0 Å². The van der Waals surface area contributed by atoms with Gasteiger partial charge in [0.25, 0.3) is 0 Å². The second-order valence-corrected chi connectivity index (χ2v) is 10.3. The van der Waals surface area contributed by atoms with E-state index in [0.29, 0.717) is 33.8 Å². The first-order valence-corrected chi connectivity index (χ1v) is 13.0. The van der Waals surface area contributed by atoms with Crippen molar-refractivity contribution in [3.8, 4) is 17.0 Å². The number of nitrogens with zero attached hydrogens (tertiary/aromatic N) is 3. The van der Waals surface area contributed by atoms with Crippen LogP contribution in [-0.4, -0.2) is 15.9 Å². The van der Waals surface area contributed by atoms with Crippen molar-refractivity contribution < 1.29 is 9.52 Å². The molecule has 0 aliphatic heterocycles. The van der Waals surface area contributed by atoms with Crippen LogP contribution in [0.5, 0.6) is 5.75 Å². The fourth-order valence-electron chi connectivity index (χ4n) is 3.59. The Bertz CT molecular complexity index is 1690. The maximum atomic E-state index is 12.9. The molecule has 0 aliphatic rings. The lowest BCUT2D eigenvalue weighted by atomic mass is 10.1. The van der Waals surface area contributed by atoms with Crippen LogP contribution in [0.25, 0.3) is 22.2 Å². The molecule has 0 atom stereocenters. The summed E-state index contributed by atoms with van der Waals surface area (Å²) in [5.74, 6) is 0.108. The van der Waals surface area contributed by atoms with E-state index in [4.69, 9.17) is 4.42 Å². The maximum absolute atomic E-state index is 12.9. The predicted octanol–water partition coefficient (Wildman–Crippen LogP) is 6.54. The van der Waals surface area contributed by atoms with Crippen molar-refractivity contribution in [2.45, 2.75) is 6.54 Å². The van der Waals surface area contributed by atoms with Gasteiger partial charge in [0.2, 0.25) is 4.80 Å². The fraction of sp³-hybridized carbons (Fsp3) is 0.0385. The van der Waals surface area contributed by atoms with Gasteiger partial charge in [0.1, 0.15) is 11.3 Å². The van der Waals surface area contributed by atoms with Gasteiger partial charge >= 0.3 is 5.63 Å². The molecule has 0 aliphatic carbocycles. The molecule has 0 saturated heterocycles. The summed E-state index contributed by atoms with van der Waals surface area (Å²) in [6.45, 7) is 0.492. The Morgan fingerprint density at radius 1 is 1.00 bits per heavy atom. The number of phenolic OH excluding ortho intramolecular Hbond substituents is 1. The second-order valence-electron chi connectivity index (χ2n) is 7.65. The van der Waals surface area contributed by atoms with Gasteiger partial charge in [-0.1, -0.05) is 62.2 Å². The monoisotopic (exact) mass is 609 g/mol. The summed E-state index contributed by atoms with van der Waals surface area (Å²) in [5, 5.41) is 21.4. The van der Waals surface area contributed by atoms with Crippen LogP contribution in [0.2, 0.25) is 0 Å². The summed E-state index contributed by atoms with van der Waals surface area (Å²) in [6, 6.07) is 22.4. The lowest BCUT2D eigenvalue weighted by molar-refractivity contribution is 0.474. The Hall–Kier alpha value is -3.27. The third kappa shape index (κ3) is 5.22. The average molecular weight is 611 g/mol. The molecular weight excluding hydrogens is 594 g/mol. The van der Waals surface area contributed by atoms with E-state index < -0.39 is 5.63 Å². The number of fused-ring (bicyclic) bond motifs is 1. The molecule has 1 N–H and O–H groups in total. The van der Waals surface area contributed by atoms with Gasteiger partial charge in [0, 0.05) is 25.3 Å². The number of halogens is 2. The molecule has 0 unspecified atom stereocenters. The number of hydrogen-bond donors (Lipinski definition) is 1. The van der Waals surface area contributed by atoms with Gasteiger partial charge in [-0.25, -0.2) is 4.79 Å². The SMILES string of the molecule is O=c1oc2ccc(Br)cc2cc1-c1cs/c(=N\N=C\c2cc(Br)ccc2O)n1Cc1ccccc1. The molecule has 0 amide bonds. The number of aromatic hydroxyl groups is 1. The number of rotatable bonds is 5. The van der Waals surface area contributed by atoms with Crippen LogP contribution in [0.15, 0.2) is 107 Å². The highest BCUT2D eigenvalue weighted by molar-refractivity contribution is 9.10. The Balaban J connectivity index is 1.64. The zero-order chi connectivity index (χ0) is 24.4. The van der Waals surface area contributed by atoms with Crippen LogP contribution < -0.4 is 10.4 Å². The standard InChI is InChI=1S/C26H17Br2N3O3S/c27-19-6-8-23(32)18(11-19)13-29-30-26-31(14-16-4-2-1-3-5-16)22(15-35-26)21-12-17-10-20(28)7-9-24(17)34-25(21)33/h1-13,15,32H,14H2/b29-13+,30-26-. The lowest BCUT2D eigenvalue weighted by Gasteiger charge is -2.09. The molecule has 3 aromatic carbocycles. The quantitative estimate of drug-likeness (QED) is 0.139. The first-order valence-electron chi connectivity index (χ1n) is 10.5. The van der Waals surface area contributed by atoms with Crippen molar-refractivity contribution >= 4 is 60.4 Å². The van der Waals surface area contributed by atoms with E-state index in [-0.39, 0.29) is 5.75 Å². The summed E-state index contributed by atoms with van der Waals surface area (Å²) in [4.78, 5) is 13.5. The summed E-state index contributed by atoms with van der Waals surface area (Å²) in [6.07, 6.45) is 1.49. The van der Waals surface area contributed by atoms with Gasteiger partial charge in [0.05, 0.1) is 24.0 Å². The Kier molecular flexibility index (Phi) is 6.81. The van der Waals surface area contributed by atoms with Gasteiger partial charge in [-0.15, -0.1) is 16.4 Å². The molecule has 5 rings (SSSR count). The maximum Gasteiger partial charge on any atom is 0.345 e. The highest BCUT2D eigenvalue weighted by Gasteiger charge is 2.15. The second kappa shape index (κ2) is 10.2. The third-order valence-corrected chi connectivity index (χ3v) is 7.12. The number of phenols is 1. The number of hydrogen-bond acceptors (Lipinski definition) is 6. The van der Waals surface area contributed by atoms with Gasteiger partial charge in [-0.05, 0) is 48.0 Å². The molecule has 0 fully saturated rings. The molecule has 5 aromatic rings. The minimum atomic E-state index is -0.423. The molecule has 0 radical (unpaired) electrons. The lowest BCUT2D eigenvalue weighted by Crippen LogP contribution is -2.18. The predicted molar refractivity (Wildman–Crippen MR) is 146 cm³/mol. The van der Waals surface area contributed by atoms with E-state index in [2.05, 4.69) is 42.1 Å². The van der Waals surface area contributed by atoms with E-state index in [9.17, 15) is 9.90 Å². The highest BCUT2D eigenvalue weighted by Crippen LogP contribution is 2.25.